The maximum atomic E-state index is 11.7. The third-order valence-corrected chi connectivity index (χ3v) is 1.65. The lowest BCUT2D eigenvalue weighted by molar-refractivity contribution is -0.202. The van der Waals surface area contributed by atoms with Crippen molar-refractivity contribution in [1.29, 1.82) is 0 Å². The van der Waals surface area contributed by atoms with Gasteiger partial charge in [-0.15, -0.1) is 0 Å². The Bertz CT molecular complexity index is 126. The van der Waals surface area contributed by atoms with Crippen molar-refractivity contribution in [1.82, 2.24) is 5.32 Å². The Balaban J connectivity index is 3.64. The van der Waals surface area contributed by atoms with E-state index in [2.05, 4.69) is 5.32 Å². The van der Waals surface area contributed by atoms with Crippen LogP contribution in [0.15, 0.2) is 0 Å². The summed E-state index contributed by atoms with van der Waals surface area (Å²) in [4.78, 5) is 0. The van der Waals surface area contributed by atoms with Crippen molar-refractivity contribution in [2.75, 3.05) is 6.54 Å². The Labute approximate surface area is 69.8 Å². The topological polar surface area (TPSA) is 32.3 Å². The molecule has 0 spiro atoms. The van der Waals surface area contributed by atoms with Gasteiger partial charge in [0.1, 0.15) is 0 Å². The second-order valence-corrected chi connectivity index (χ2v) is 2.77. The molecular formula is C7H14F3NO. The SMILES string of the molecule is CC[C@H](C)NC[C@@H](O)C(F)(F)F. The normalized spacial score (nSPS) is 17.5. The monoisotopic (exact) mass is 185 g/mol. The number of halogens is 3. The highest BCUT2D eigenvalue weighted by Gasteiger charge is 2.37. The highest BCUT2D eigenvalue weighted by Crippen LogP contribution is 2.19. The molecule has 0 aliphatic rings. The minimum absolute atomic E-state index is 0.00185. The first-order valence-electron chi connectivity index (χ1n) is 3.86. The summed E-state index contributed by atoms with van der Waals surface area (Å²) < 4.78 is 35.1. The van der Waals surface area contributed by atoms with E-state index in [4.69, 9.17) is 5.11 Å². The standard InChI is InChI=1S/C7H14F3NO/c1-3-5(2)11-4-6(12)7(8,9)10/h5-6,11-12H,3-4H2,1-2H3/t5-,6+/m0/s1. The average Bonchev–Trinajstić information content (AvgIpc) is 1.97. The zero-order valence-corrected chi connectivity index (χ0v) is 7.15. The molecule has 0 aliphatic carbocycles. The maximum absolute atomic E-state index is 11.7. The van der Waals surface area contributed by atoms with Crippen molar-refractivity contribution in [2.45, 2.75) is 38.6 Å². The Morgan fingerprint density at radius 1 is 1.42 bits per heavy atom. The van der Waals surface area contributed by atoms with Crippen LogP contribution in [0.4, 0.5) is 13.2 Å². The maximum Gasteiger partial charge on any atom is 0.415 e. The molecule has 0 radical (unpaired) electrons. The minimum Gasteiger partial charge on any atom is -0.382 e. The molecule has 2 atom stereocenters. The van der Waals surface area contributed by atoms with E-state index < -0.39 is 18.8 Å². The van der Waals surface area contributed by atoms with Gasteiger partial charge in [0.2, 0.25) is 0 Å². The molecule has 2 N–H and O–H groups in total. The van der Waals surface area contributed by atoms with Crippen molar-refractivity contribution in [3.63, 3.8) is 0 Å². The molecule has 12 heavy (non-hydrogen) atoms. The molecule has 0 aromatic carbocycles. The highest BCUT2D eigenvalue weighted by atomic mass is 19.4. The number of nitrogens with one attached hydrogen (secondary N) is 1. The molecule has 0 aromatic heterocycles. The fourth-order valence-corrected chi connectivity index (χ4v) is 0.573. The Morgan fingerprint density at radius 2 is 1.92 bits per heavy atom. The van der Waals surface area contributed by atoms with E-state index in [1.165, 1.54) is 0 Å². The van der Waals surface area contributed by atoms with E-state index in [0.29, 0.717) is 0 Å². The van der Waals surface area contributed by atoms with Crippen molar-refractivity contribution < 1.29 is 18.3 Å². The van der Waals surface area contributed by atoms with Crippen LogP contribution in [-0.4, -0.2) is 30.0 Å². The first kappa shape index (κ1) is 11.7. The molecular weight excluding hydrogens is 171 g/mol. The van der Waals surface area contributed by atoms with Gasteiger partial charge >= 0.3 is 6.18 Å². The van der Waals surface area contributed by atoms with Gasteiger partial charge in [-0.2, -0.15) is 13.2 Å². The quantitative estimate of drug-likeness (QED) is 0.691. The van der Waals surface area contributed by atoms with E-state index in [1.54, 1.807) is 6.92 Å². The minimum atomic E-state index is -4.51. The number of hydrogen-bond donors (Lipinski definition) is 2. The number of aliphatic hydroxyl groups excluding tert-OH is 1. The van der Waals surface area contributed by atoms with Crippen LogP contribution in [0.3, 0.4) is 0 Å². The van der Waals surface area contributed by atoms with Crippen LogP contribution in [-0.2, 0) is 0 Å². The molecule has 0 saturated carbocycles. The van der Waals surface area contributed by atoms with E-state index in [1.807, 2.05) is 6.92 Å². The molecule has 0 bridgehead atoms. The van der Waals surface area contributed by atoms with E-state index >= 15 is 0 Å². The highest BCUT2D eigenvalue weighted by molar-refractivity contribution is 4.70. The lowest BCUT2D eigenvalue weighted by Gasteiger charge is -2.17. The van der Waals surface area contributed by atoms with Crippen LogP contribution in [0.25, 0.3) is 0 Å². The van der Waals surface area contributed by atoms with Crippen molar-refractivity contribution >= 4 is 0 Å². The third-order valence-electron chi connectivity index (χ3n) is 1.65. The molecule has 0 aliphatic heterocycles. The van der Waals surface area contributed by atoms with Crippen LogP contribution in [0, 0.1) is 0 Å². The Hall–Kier alpha value is -0.290. The summed E-state index contributed by atoms with van der Waals surface area (Å²) >= 11 is 0. The molecule has 0 aromatic rings. The molecule has 0 unspecified atom stereocenters. The van der Waals surface area contributed by atoms with Crippen LogP contribution < -0.4 is 5.32 Å². The van der Waals surface area contributed by atoms with Crippen LogP contribution in [0.1, 0.15) is 20.3 Å². The summed E-state index contributed by atoms with van der Waals surface area (Å²) in [5, 5.41) is 11.1. The number of rotatable bonds is 4. The first-order chi connectivity index (χ1) is 5.38. The molecule has 0 amide bonds. The van der Waals surface area contributed by atoms with Crippen LogP contribution >= 0.6 is 0 Å². The Kier molecular flexibility index (Phi) is 4.55. The van der Waals surface area contributed by atoms with Crippen molar-refractivity contribution in [2.24, 2.45) is 0 Å². The van der Waals surface area contributed by atoms with E-state index in [9.17, 15) is 13.2 Å². The molecule has 0 saturated heterocycles. The average molecular weight is 185 g/mol. The first-order valence-corrected chi connectivity index (χ1v) is 3.86. The smallest absolute Gasteiger partial charge is 0.382 e. The van der Waals surface area contributed by atoms with Crippen molar-refractivity contribution in [3.05, 3.63) is 0 Å². The van der Waals surface area contributed by atoms with Gasteiger partial charge in [-0.1, -0.05) is 6.92 Å². The molecule has 5 heteroatoms. The van der Waals surface area contributed by atoms with Gasteiger partial charge in [0.15, 0.2) is 6.10 Å². The summed E-state index contributed by atoms with van der Waals surface area (Å²) in [5.74, 6) is 0. The predicted octanol–water partition coefficient (Wildman–Crippen LogP) is 1.30. The summed E-state index contributed by atoms with van der Waals surface area (Å²) in [6, 6.07) is 0.00185. The van der Waals surface area contributed by atoms with Gasteiger partial charge < -0.3 is 10.4 Å². The fourth-order valence-electron chi connectivity index (χ4n) is 0.573. The summed E-state index contributed by atoms with van der Waals surface area (Å²) in [5.41, 5.74) is 0. The largest absolute Gasteiger partial charge is 0.415 e. The molecule has 0 fully saturated rings. The van der Waals surface area contributed by atoms with Gasteiger partial charge in [-0.05, 0) is 13.3 Å². The van der Waals surface area contributed by atoms with Gasteiger partial charge in [-0.3, -0.25) is 0 Å². The summed E-state index contributed by atoms with van der Waals surface area (Å²) in [6.45, 7) is 3.19. The number of alkyl halides is 3. The second kappa shape index (κ2) is 4.67. The summed E-state index contributed by atoms with van der Waals surface area (Å²) in [7, 11) is 0. The third kappa shape index (κ3) is 4.56. The molecule has 0 rings (SSSR count). The van der Waals surface area contributed by atoms with Gasteiger partial charge in [-0.25, -0.2) is 0 Å². The van der Waals surface area contributed by atoms with Crippen LogP contribution in [0.5, 0.6) is 0 Å². The number of aliphatic hydroxyl groups is 1. The van der Waals surface area contributed by atoms with Crippen molar-refractivity contribution in [3.8, 4) is 0 Å². The van der Waals surface area contributed by atoms with Gasteiger partial charge in [0, 0.05) is 12.6 Å². The summed E-state index contributed by atoms with van der Waals surface area (Å²) in [6.07, 6.45) is -6.03. The van der Waals surface area contributed by atoms with Gasteiger partial charge in [0.05, 0.1) is 0 Å². The molecule has 74 valence electrons. The lowest BCUT2D eigenvalue weighted by atomic mass is 10.2. The number of hydrogen-bond acceptors (Lipinski definition) is 2. The zero-order chi connectivity index (χ0) is 9.78. The zero-order valence-electron chi connectivity index (χ0n) is 7.15. The second-order valence-electron chi connectivity index (χ2n) is 2.77. The van der Waals surface area contributed by atoms with Gasteiger partial charge in [0.25, 0.3) is 0 Å². The Morgan fingerprint density at radius 3 is 2.25 bits per heavy atom. The lowest BCUT2D eigenvalue weighted by Crippen LogP contribution is -2.41. The fraction of sp³-hybridized carbons (Fsp3) is 1.00. The molecule has 0 heterocycles. The van der Waals surface area contributed by atoms with Crippen LogP contribution in [0.2, 0.25) is 0 Å². The molecule has 2 nitrogen and oxygen atoms in total. The van der Waals surface area contributed by atoms with E-state index in [-0.39, 0.29) is 6.04 Å². The van der Waals surface area contributed by atoms with E-state index in [0.717, 1.165) is 6.42 Å². The predicted molar refractivity (Wildman–Crippen MR) is 39.8 cm³/mol.